The molecule has 0 aromatic rings. The highest BCUT2D eigenvalue weighted by atomic mass is 35.5. The van der Waals surface area contributed by atoms with Crippen LogP contribution in [0, 0.1) is 0 Å². The summed E-state index contributed by atoms with van der Waals surface area (Å²) in [7, 11) is 0. The minimum absolute atomic E-state index is 0. The van der Waals surface area contributed by atoms with E-state index in [4.69, 9.17) is 0 Å². The second-order valence-electron chi connectivity index (χ2n) is 5.15. The third kappa shape index (κ3) is 28.0. The zero-order chi connectivity index (χ0) is 14.3. The molecular formula is C13H36Cl4N4O2. The van der Waals surface area contributed by atoms with Crippen molar-refractivity contribution in [1.82, 2.24) is 0 Å². The molecule has 0 aliphatic rings. The molecular weight excluding hydrogens is 386 g/mol. The van der Waals surface area contributed by atoms with E-state index >= 15 is 0 Å². The zero-order valence-electron chi connectivity index (χ0n) is 14.2. The Morgan fingerprint density at radius 1 is 0.609 bits per heavy atom. The molecule has 0 amide bonds. The molecule has 0 saturated heterocycles. The van der Waals surface area contributed by atoms with Crippen molar-refractivity contribution in [3.8, 4) is 0 Å². The summed E-state index contributed by atoms with van der Waals surface area (Å²) in [5.74, 6) is 0. The average Bonchev–Trinajstić information content (AvgIpc) is 2.41. The summed E-state index contributed by atoms with van der Waals surface area (Å²) in [5.41, 5.74) is 0. The maximum atomic E-state index is 9.63. The van der Waals surface area contributed by atoms with E-state index in [9.17, 15) is 10.2 Å². The fraction of sp³-hybridized carbons (Fsp3) is 1.00. The maximum Gasteiger partial charge on any atom is 0.151 e. The van der Waals surface area contributed by atoms with Crippen molar-refractivity contribution in [3.63, 3.8) is 0 Å². The van der Waals surface area contributed by atoms with Crippen molar-refractivity contribution in [1.29, 1.82) is 0 Å². The van der Waals surface area contributed by atoms with E-state index in [0.717, 1.165) is 58.8 Å². The molecule has 0 unspecified atom stereocenters. The van der Waals surface area contributed by atoms with Gasteiger partial charge in [0, 0.05) is 6.42 Å². The van der Waals surface area contributed by atoms with Crippen molar-refractivity contribution in [2.24, 2.45) is 0 Å². The number of hydrogen-bond acceptors (Lipinski definition) is 2. The average molecular weight is 422 g/mol. The molecule has 2 atom stereocenters. The van der Waals surface area contributed by atoms with Crippen LogP contribution in [0.25, 0.3) is 0 Å². The van der Waals surface area contributed by atoms with Gasteiger partial charge >= 0.3 is 0 Å². The molecule has 0 aromatic carbocycles. The molecule has 6 nitrogen and oxygen atoms in total. The van der Waals surface area contributed by atoms with E-state index < -0.39 is 0 Å². The Morgan fingerprint density at radius 2 is 0.913 bits per heavy atom. The molecule has 10 N–H and O–H groups in total. The van der Waals surface area contributed by atoms with E-state index in [2.05, 4.69) is 35.1 Å². The van der Waals surface area contributed by atoms with Gasteiger partial charge in [0.15, 0.2) is 12.2 Å². The Kier molecular flexibility index (Phi) is 42.4. The molecule has 148 valence electrons. The molecule has 0 heterocycles. The molecule has 0 rings (SSSR count). The molecule has 0 bridgehead atoms. The third-order valence-corrected chi connectivity index (χ3v) is 3.15. The van der Waals surface area contributed by atoms with E-state index in [-0.39, 0.29) is 61.8 Å². The Labute approximate surface area is 166 Å². The van der Waals surface area contributed by atoms with Gasteiger partial charge in [-0.05, 0) is 13.8 Å². The SMILES string of the molecule is CC[NH2+]C[C@H](O)C[NH2+]CCC[NH2+]C[C@@H](O)C[NH2+]CC.[Cl-].[Cl-].[Cl-].[Cl-]. The number of likely N-dealkylation sites (N-methyl/N-ethyl adjacent to an activating group) is 2. The van der Waals surface area contributed by atoms with Crippen LogP contribution in [0.2, 0.25) is 0 Å². The molecule has 0 aromatic heterocycles. The van der Waals surface area contributed by atoms with Crippen LogP contribution in [0.15, 0.2) is 0 Å². The normalized spacial score (nSPS) is 12.0. The van der Waals surface area contributed by atoms with Crippen LogP contribution in [0.1, 0.15) is 20.3 Å². The molecule has 0 radical (unpaired) electrons. The van der Waals surface area contributed by atoms with Crippen LogP contribution in [-0.2, 0) is 0 Å². The Bertz CT molecular complexity index is 181. The van der Waals surface area contributed by atoms with Crippen molar-refractivity contribution < 1.29 is 81.1 Å². The summed E-state index contributed by atoms with van der Waals surface area (Å²) < 4.78 is 0. The van der Waals surface area contributed by atoms with Crippen molar-refractivity contribution >= 4 is 0 Å². The van der Waals surface area contributed by atoms with Gasteiger partial charge < -0.3 is 81.1 Å². The lowest BCUT2D eigenvalue weighted by Crippen LogP contribution is -3.00. The van der Waals surface area contributed by atoms with Crippen LogP contribution in [0.4, 0.5) is 0 Å². The van der Waals surface area contributed by atoms with Gasteiger partial charge in [-0.2, -0.15) is 0 Å². The second kappa shape index (κ2) is 27.8. The first-order chi connectivity index (χ1) is 9.20. The largest absolute Gasteiger partial charge is 1.00 e. The van der Waals surface area contributed by atoms with E-state index in [1.54, 1.807) is 0 Å². The maximum absolute atomic E-state index is 9.63. The molecule has 0 aliphatic carbocycles. The van der Waals surface area contributed by atoms with Gasteiger partial charge in [0.05, 0.1) is 26.2 Å². The Morgan fingerprint density at radius 3 is 1.22 bits per heavy atom. The van der Waals surface area contributed by atoms with Gasteiger partial charge in [-0.3, -0.25) is 0 Å². The summed E-state index contributed by atoms with van der Waals surface area (Å²) in [6.07, 6.45) is 0.722. The number of aliphatic hydroxyl groups is 2. The number of nitrogens with two attached hydrogens (primary N) is 4. The fourth-order valence-electron chi connectivity index (χ4n) is 1.94. The monoisotopic (exact) mass is 420 g/mol. The molecule has 10 heteroatoms. The molecule has 0 fully saturated rings. The third-order valence-electron chi connectivity index (χ3n) is 3.15. The molecule has 0 spiro atoms. The molecule has 0 saturated carbocycles. The van der Waals surface area contributed by atoms with Crippen LogP contribution in [0.3, 0.4) is 0 Å². The Hall–Kier alpha value is 0.920. The lowest BCUT2D eigenvalue weighted by Gasteiger charge is -2.09. The van der Waals surface area contributed by atoms with E-state index in [0.29, 0.717) is 0 Å². The van der Waals surface area contributed by atoms with Gasteiger partial charge in [-0.15, -0.1) is 0 Å². The van der Waals surface area contributed by atoms with Crippen LogP contribution >= 0.6 is 0 Å². The highest BCUT2D eigenvalue weighted by Gasteiger charge is 2.08. The highest BCUT2D eigenvalue weighted by Crippen LogP contribution is 1.70. The van der Waals surface area contributed by atoms with Crippen molar-refractivity contribution in [3.05, 3.63) is 0 Å². The number of quaternary nitrogens is 4. The van der Waals surface area contributed by atoms with Gasteiger partial charge in [0.2, 0.25) is 0 Å². The van der Waals surface area contributed by atoms with Crippen LogP contribution in [-0.4, -0.2) is 74.8 Å². The summed E-state index contributed by atoms with van der Waals surface area (Å²) >= 11 is 0. The smallest absolute Gasteiger partial charge is 0.151 e. The lowest BCUT2D eigenvalue weighted by molar-refractivity contribution is -0.704. The van der Waals surface area contributed by atoms with Gasteiger partial charge in [0.1, 0.15) is 26.2 Å². The Balaban J connectivity index is -0.000000270. The second-order valence-corrected chi connectivity index (χ2v) is 5.15. The first-order valence-electron chi connectivity index (χ1n) is 7.83. The zero-order valence-corrected chi connectivity index (χ0v) is 17.3. The minimum Gasteiger partial charge on any atom is -1.00 e. The summed E-state index contributed by atoms with van der Waals surface area (Å²) in [6, 6.07) is 0. The standard InChI is InChI=1S/C13H32N4O2.4ClH/c1-3-14-8-12(18)10-16-6-5-7-17-11-13(19)9-15-4-2;;;;/h12-19H,3-11H2,1-2H3;4*1H/t12-,13-;;;;/m0..../s1. The summed E-state index contributed by atoms with van der Waals surface area (Å²) in [5, 5.41) is 27.9. The van der Waals surface area contributed by atoms with Gasteiger partial charge in [-0.1, -0.05) is 0 Å². The topological polar surface area (TPSA) is 107 Å². The molecule has 0 aliphatic heterocycles. The van der Waals surface area contributed by atoms with Gasteiger partial charge in [0.25, 0.3) is 0 Å². The van der Waals surface area contributed by atoms with Crippen LogP contribution < -0.4 is 70.9 Å². The first kappa shape index (κ1) is 35.1. The number of hydrogen-bond donors (Lipinski definition) is 6. The summed E-state index contributed by atoms with van der Waals surface area (Å²) in [6.45, 7) is 11.6. The van der Waals surface area contributed by atoms with Gasteiger partial charge in [-0.25, -0.2) is 0 Å². The highest BCUT2D eigenvalue weighted by molar-refractivity contribution is 4.46. The predicted molar refractivity (Wildman–Crippen MR) is 74.6 cm³/mol. The van der Waals surface area contributed by atoms with Crippen LogP contribution in [0.5, 0.6) is 0 Å². The van der Waals surface area contributed by atoms with Crippen molar-refractivity contribution in [2.75, 3.05) is 52.4 Å². The van der Waals surface area contributed by atoms with E-state index in [1.807, 2.05) is 0 Å². The molecule has 23 heavy (non-hydrogen) atoms. The number of rotatable bonds is 14. The number of halogens is 4. The number of aliphatic hydroxyl groups excluding tert-OH is 2. The lowest BCUT2D eigenvalue weighted by atomic mass is 10.3. The van der Waals surface area contributed by atoms with Crippen molar-refractivity contribution in [2.45, 2.75) is 32.5 Å². The first-order valence-corrected chi connectivity index (χ1v) is 7.83. The summed E-state index contributed by atoms with van der Waals surface area (Å²) in [4.78, 5) is 0. The minimum atomic E-state index is -0.199. The fourth-order valence-corrected chi connectivity index (χ4v) is 1.94. The predicted octanol–water partition coefficient (Wildman–Crippen LogP) is -17.6. The quantitative estimate of drug-likeness (QED) is 0.157. The van der Waals surface area contributed by atoms with E-state index in [1.165, 1.54) is 0 Å².